The van der Waals surface area contributed by atoms with Gasteiger partial charge >= 0.3 is 0 Å². The van der Waals surface area contributed by atoms with Crippen LogP contribution >= 0.6 is 0 Å². The van der Waals surface area contributed by atoms with Crippen LogP contribution in [0.25, 0.3) is 0 Å². The van der Waals surface area contributed by atoms with Gasteiger partial charge in [0.2, 0.25) is 0 Å². The number of carbonyl (C=O) groups is 1. The van der Waals surface area contributed by atoms with E-state index in [2.05, 4.69) is 9.98 Å². The molecule has 0 aromatic carbocycles. The number of Topliss-reactive ketones (excluding diaryl/α,β-unsaturated/α-hetero) is 1. The highest BCUT2D eigenvalue weighted by atomic mass is 16.1. The Kier molecular flexibility index (Phi) is 1.72. The van der Waals surface area contributed by atoms with Gasteiger partial charge in [-0.2, -0.15) is 0 Å². The normalized spacial score (nSPS) is 17.0. The van der Waals surface area contributed by atoms with Crippen molar-refractivity contribution in [3.05, 3.63) is 0 Å². The molecule has 1 aliphatic heterocycles. The molecule has 0 aromatic heterocycles. The van der Waals surface area contributed by atoms with Gasteiger partial charge in [-0.1, -0.05) is 0 Å². The molecular weight excluding hydrogens is 116 g/mol. The lowest BCUT2D eigenvalue weighted by molar-refractivity contribution is -0.117. The quantitative estimate of drug-likeness (QED) is 0.526. The van der Waals surface area contributed by atoms with Crippen LogP contribution < -0.4 is 0 Å². The molecule has 0 aliphatic carbocycles. The van der Waals surface area contributed by atoms with Crippen LogP contribution in [0.2, 0.25) is 0 Å². The molecule has 0 saturated carbocycles. The predicted octanol–water partition coefficient (Wildman–Crippen LogP) is 0.447. The largest absolute Gasteiger partial charge is 0.300 e. The van der Waals surface area contributed by atoms with Crippen LogP contribution in [-0.2, 0) is 4.79 Å². The fourth-order valence-corrected chi connectivity index (χ4v) is 0.677. The third kappa shape index (κ3) is 1.76. The fraction of sp³-hybridized carbons (Fsp3) is 0.500. The number of rotatable bonds is 2. The van der Waals surface area contributed by atoms with Gasteiger partial charge in [-0.05, 0) is 6.92 Å². The van der Waals surface area contributed by atoms with E-state index < -0.39 is 0 Å². The molecule has 3 heteroatoms. The van der Waals surface area contributed by atoms with Gasteiger partial charge in [0.25, 0.3) is 0 Å². The highest BCUT2D eigenvalue weighted by molar-refractivity contribution is 6.17. The first-order valence-corrected chi connectivity index (χ1v) is 2.83. The van der Waals surface area contributed by atoms with Crippen LogP contribution in [0.5, 0.6) is 0 Å². The van der Waals surface area contributed by atoms with Gasteiger partial charge in [0.05, 0.1) is 0 Å². The molecule has 48 valence electrons. The van der Waals surface area contributed by atoms with E-state index in [0.29, 0.717) is 6.42 Å². The first kappa shape index (κ1) is 6.13. The molecule has 1 heterocycles. The summed E-state index contributed by atoms with van der Waals surface area (Å²) in [5.74, 6) is 0.135. The molecule has 3 nitrogen and oxygen atoms in total. The van der Waals surface area contributed by atoms with E-state index in [1.807, 2.05) is 0 Å². The Morgan fingerprint density at radius 2 is 2.11 bits per heavy atom. The summed E-state index contributed by atoms with van der Waals surface area (Å²) in [5.41, 5.74) is 0. The second kappa shape index (κ2) is 2.53. The summed E-state index contributed by atoms with van der Waals surface area (Å²) in [6, 6.07) is 0. The van der Waals surface area contributed by atoms with Crippen molar-refractivity contribution in [2.24, 2.45) is 9.98 Å². The zero-order chi connectivity index (χ0) is 6.69. The summed E-state index contributed by atoms with van der Waals surface area (Å²) < 4.78 is 0. The van der Waals surface area contributed by atoms with Crippen LogP contribution in [0.4, 0.5) is 0 Å². The molecular formula is C6H8N2O. The zero-order valence-corrected chi connectivity index (χ0v) is 5.24. The van der Waals surface area contributed by atoms with Gasteiger partial charge in [0.1, 0.15) is 11.9 Å². The molecule has 0 radical (unpaired) electrons. The number of hydrogen-bond acceptors (Lipinski definition) is 3. The van der Waals surface area contributed by atoms with E-state index in [0.717, 1.165) is 0 Å². The molecule has 0 aromatic rings. The molecule has 1 aliphatic rings. The second-order valence-electron chi connectivity index (χ2n) is 1.98. The van der Waals surface area contributed by atoms with Crippen molar-refractivity contribution < 1.29 is 4.79 Å². The third-order valence-corrected chi connectivity index (χ3v) is 1.05. The highest BCUT2D eigenvalue weighted by Gasteiger charge is 2.07. The molecule has 1 rings (SSSR count). The number of hydrogen-bond donors (Lipinski definition) is 0. The van der Waals surface area contributed by atoms with Crippen molar-refractivity contribution in [2.45, 2.75) is 19.5 Å². The first-order chi connectivity index (χ1) is 4.29. The summed E-state index contributed by atoms with van der Waals surface area (Å²) >= 11 is 0. The number of carbonyl (C=O) groups excluding carboxylic acids is 1. The Balaban J connectivity index is 2.37. The van der Waals surface area contributed by atoms with Gasteiger partial charge < -0.3 is 0 Å². The summed E-state index contributed by atoms with van der Waals surface area (Å²) in [4.78, 5) is 18.3. The molecule has 0 amide bonds. The number of ketones is 1. The molecule has 0 fully saturated rings. The Hall–Kier alpha value is -0.990. The Morgan fingerprint density at radius 3 is 2.56 bits per heavy atom. The van der Waals surface area contributed by atoms with E-state index in [-0.39, 0.29) is 11.9 Å². The topological polar surface area (TPSA) is 41.8 Å². The standard InChI is InChI=1S/C6H8N2O/c1-5(9)4-6-7-2-3-8-6/h2-3,6H,4H2,1H3. The maximum atomic E-state index is 10.5. The minimum Gasteiger partial charge on any atom is -0.300 e. The Morgan fingerprint density at radius 1 is 1.56 bits per heavy atom. The molecule has 0 N–H and O–H groups in total. The molecule has 0 spiro atoms. The van der Waals surface area contributed by atoms with Crippen LogP contribution in [0.3, 0.4) is 0 Å². The first-order valence-electron chi connectivity index (χ1n) is 2.83. The molecule has 0 unspecified atom stereocenters. The van der Waals surface area contributed by atoms with Crippen LogP contribution in [0.15, 0.2) is 9.98 Å². The Labute approximate surface area is 53.5 Å². The third-order valence-electron chi connectivity index (χ3n) is 1.05. The lowest BCUT2D eigenvalue weighted by atomic mass is 10.3. The van der Waals surface area contributed by atoms with Crippen LogP contribution in [-0.4, -0.2) is 24.4 Å². The second-order valence-corrected chi connectivity index (χ2v) is 1.98. The van der Waals surface area contributed by atoms with Crippen molar-refractivity contribution in [3.8, 4) is 0 Å². The SMILES string of the molecule is CC(=O)CC1N=CC=N1. The minimum absolute atomic E-state index is 0.123. The smallest absolute Gasteiger partial charge is 0.146 e. The lowest BCUT2D eigenvalue weighted by Gasteiger charge is -1.96. The summed E-state index contributed by atoms with van der Waals surface area (Å²) in [6.45, 7) is 1.54. The number of aliphatic imine (C=N–C) groups is 2. The molecule has 0 saturated heterocycles. The van der Waals surface area contributed by atoms with Crippen LogP contribution in [0, 0.1) is 0 Å². The molecule has 9 heavy (non-hydrogen) atoms. The maximum absolute atomic E-state index is 10.5. The van der Waals surface area contributed by atoms with Crippen molar-refractivity contribution in [1.82, 2.24) is 0 Å². The molecule has 0 bridgehead atoms. The van der Waals surface area contributed by atoms with E-state index >= 15 is 0 Å². The summed E-state index contributed by atoms with van der Waals surface area (Å²) in [5, 5.41) is 0. The van der Waals surface area contributed by atoms with Crippen molar-refractivity contribution in [3.63, 3.8) is 0 Å². The van der Waals surface area contributed by atoms with Gasteiger partial charge in [-0.3, -0.25) is 14.8 Å². The van der Waals surface area contributed by atoms with E-state index in [9.17, 15) is 4.79 Å². The average Bonchev–Trinajstić information content (AvgIpc) is 2.15. The van der Waals surface area contributed by atoms with Gasteiger partial charge in [0.15, 0.2) is 0 Å². The highest BCUT2D eigenvalue weighted by Crippen LogP contribution is 2.02. The van der Waals surface area contributed by atoms with Crippen molar-refractivity contribution in [1.29, 1.82) is 0 Å². The lowest BCUT2D eigenvalue weighted by Crippen LogP contribution is -2.03. The van der Waals surface area contributed by atoms with Crippen molar-refractivity contribution in [2.75, 3.05) is 0 Å². The van der Waals surface area contributed by atoms with E-state index in [1.54, 1.807) is 19.4 Å². The predicted molar refractivity (Wildman–Crippen MR) is 36.1 cm³/mol. The fourth-order valence-electron chi connectivity index (χ4n) is 0.677. The van der Waals surface area contributed by atoms with Gasteiger partial charge in [0, 0.05) is 18.9 Å². The Bertz CT molecular complexity index is 160. The van der Waals surface area contributed by atoms with Crippen molar-refractivity contribution >= 4 is 18.2 Å². The monoisotopic (exact) mass is 124 g/mol. The van der Waals surface area contributed by atoms with Gasteiger partial charge in [-0.15, -0.1) is 0 Å². The van der Waals surface area contributed by atoms with E-state index in [4.69, 9.17) is 0 Å². The van der Waals surface area contributed by atoms with Gasteiger partial charge in [-0.25, -0.2) is 0 Å². The number of nitrogens with zero attached hydrogens (tertiary/aromatic N) is 2. The summed E-state index contributed by atoms with van der Waals surface area (Å²) in [7, 11) is 0. The zero-order valence-electron chi connectivity index (χ0n) is 5.24. The molecule has 0 atom stereocenters. The minimum atomic E-state index is -0.123. The maximum Gasteiger partial charge on any atom is 0.146 e. The van der Waals surface area contributed by atoms with E-state index in [1.165, 1.54) is 0 Å². The average molecular weight is 124 g/mol. The van der Waals surface area contributed by atoms with Crippen LogP contribution in [0.1, 0.15) is 13.3 Å². The summed E-state index contributed by atoms with van der Waals surface area (Å²) in [6.07, 6.45) is 3.55.